The largest absolute Gasteiger partial charge is 0.327 e. The number of imidazole rings is 1. The second kappa shape index (κ2) is 3.74. The van der Waals surface area contributed by atoms with Crippen molar-refractivity contribution in [1.82, 2.24) is 14.5 Å². The summed E-state index contributed by atoms with van der Waals surface area (Å²) in [7, 11) is 0. The molecule has 1 unspecified atom stereocenters. The van der Waals surface area contributed by atoms with Crippen LogP contribution in [-0.2, 0) is 13.0 Å². The van der Waals surface area contributed by atoms with Gasteiger partial charge in [0.05, 0.1) is 0 Å². The average Bonchev–Trinajstić information content (AvgIpc) is 2.73. The maximum absolute atomic E-state index is 4.50. The fourth-order valence-electron chi connectivity index (χ4n) is 2.33. The van der Waals surface area contributed by atoms with Crippen LogP contribution in [0.25, 0.3) is 11.5 Å². The van der Waals surface area contributed by atoms with Gasteiger partial charge in [-0.25, -0.2) is 4.98 Å². The molecule has 16 heavy (non-hydrogen) atoms. The summed E-state index contributed by atoms with van der Waals surface area (Å²) in [5.41, 5.74) is 2.32. The Bertz CT molecular complexity index is 487. The van der Waals surface area contributed by atoms with Crippen molar-refractivity contribution in [3.63, 3.8) is 0 Å². The zero-order chi connectivity index (χ0) is 11.0. The summed E-state index contributed by atoms with van der Waals surface area (Å²) in [6, 6.07) is 5.97. The fourth-order valence-corrected chi connectivity index (χ4v) is 2.33. The smallest absolute Gasteiger partial charge is 0.158 e. The molecule has 2 aromatic rings. The Morgan fingerprint density at radius 3 is 3.06 bits per heavy atom. The third-order valence-electron chi connectivity index (χ3n) is 3.24. The van der Waals surface area contributed by atoms with Gasteiger partial charge in [-0.2, -0.15) is 0 Å². The molecule has 0 fully saturated rings. The molecule has 3 heteroatoms. The van der Waals surface area contributed by atoms with E-state index >= 15 is 0 Å². The summed E-state index contributed by atoms with van der Waals surface area (Å²) >= 11 is 0. The van der Waals surface area contributed by atoms with Gasteiger partial charge < -0.3 is 4.57 Å². The lowest BCUT2D eigenvalue weighted by molar-refractivity contribution is 0.419. The lowest BCUT2D eigenvalue weighted by atomic mass is 9.98. The van der Waals surface area contributed by atoms with Crippen molar-refractivity contribution < 1.29 is 0 Å². The lowest BCUT2D eigenvalue weighted by Crippen LogP contribution is -2.17. The minimum Gasteiger partial charge on any atom is -0.327 e. The Labute approximate surface area is 95.2 Å². The molecule has 3 rings (SSSR count). The molecule has 0 N–H and O–H groups in total. The molecule has 0 bridgehead atoms. The van der Waals surface area contributed by atoms with Gasteiger partial charge in [0.1, 0.15) is 5.69 Å². The van der Waals surface area contributed by atoms with Crippen LogP contribution in [0.4, 0.5) is 0 Å². The molecule has 1 aliphatic rings. The van der Waals surface area contributed by atoms with Crippen molar-refractivity contribution in [1.29, 1.82) is 0 Å². The van der Waals surface area contributed by atoms with E-state index in [-0.39, 0.29) is 0 Å². The van der Waals surface area contributed by atoms with Gasteiger partial charge in [-0.1, -0.05) is 13.0 Å². The first-order valence-corrected chi connectivity index (χ1v) is 5.80. The molecular weight excluding hydrogens is 198 g/mol. The molecule has 0 spiro atoms. The van der Waals surface area contributed by atoms with Crippen molar-refractivity contribution in [2.75, 3.05) is 0 Å². The molecule has 1 aliphatic heterocycles. The summed E-state index contributed by atoms with van der Waals surface area (Å²) in [6.07, 6.45) is 6.20. The molecule has 3 nitrogen and oxygen atoms in total. The Kier molecular flexibility index (Phi) is 2.24. The number of aromatic nitrogens is 3. The maximum atomic E-state index is 4.50. The Morgan fingerprint density at radius 2 is 2.25 bits per heavy atom. The topological polar surface area (TPSA) is 30.7 Å². The molecule has 1 atom stereocenters. The van der Waals surface area contributed by atoms with Gasteiger partial charge in [0.25, 0.3) is 0 Å². The predicted octanol–water partition coefficient (Wildman–Crippen LogP) is 2.53. The average molecular weight is 213 g/mol. The van der Waals surface area contributed by atoms with Crippen molar-refractivity contribution in [2.24, 2.45) is 5.92 Å². The number of hydrogen-bond acceptors (Lipinski definition) is 2. The van der Waals surface area contributed by atoms with E-state index in [0.29, 0.717) is 0 Å². The number of fused-ring (bicyclic) bond motifs is 1. The fraction of sp³-hybridized carbons (Fsp3) is 0.385. The third kappa shape index (κ3) is 1.52. The van der Waals surface area contributed by atoms with Crippen LogP contribution < -0.4 is 0 Å². The van der Waals surface area contributed by atoms with E-state index in [2.05, 4.69) is 21.5 Å². The normalized spacial score (nSPS) is 19.4. The molecule has 0 radical (unpaired) electrons. The van der Waals surface area contributed by atoms with Crippen LogP contribution in [0.5, 0.6) is 0 Å². The monoisotopic (exact) mass is 213 g/mol. The number of hydrogen-bond donors (Lipinski definition) is 0. The highest BCUT2D eigenvalue weighted by atomic mass is 15.1. The molecule has 0 aromatic carbocycles. The number of rotatable bonds is 1. The Morgan fingerprint density at radius 1 is 1.31 bits per heavy atom. The number of nitrogens with zero attached hydrogens (tertiary/aromatic N) is 3. The quantitative estimate of drug-likeness (QED) is 0.728. The first-order valence-electron chi connectivity index (χ1n) is 5.80. The summed E-state index contributed by atoms with van der Waals surface area (Å²) in [5, 5.41) is 0. The van der Waals surface area contributed by atoms with E-state index in [4.69, 9.17) is 0 Å². The van der Waals surface area contributed by atoms with E-state index in [1.807, 2.05) is 30.6 Å². The van der Waals surface area contributed by atoms with Crippen LogP contribution in [0.15, 0.2) is 30.6 Å². The zero-order valence-electron chi connectivity index (χ0n) is 9.43. The van der Waals surface area contributed by atoms with Gasteiger partial charge in [-0.15, -0.1) is 0 Å². The second-order valence-electron chi connectivity index (χ2n) is 4.54. The van der Waals surface area contributed by atoms with Gasteiger partial charge in [0, 0.05) is 24.6 Å². The molecule has 3 heterocycles. The van der Waals surface area contributed by atoms with E-state index in [1.54, 1.807) is 0 Å². The van der Waals surface area contributed by atoms with Gasteiger partial charge in [0.15, 0.2) is 5.82 Å². The van der Waals surface area contributed by atoms with E-state index in [9.17, 15) is 0 Å². The summed E-state index contributed by atoms with van der Waals surface area (Å²) < 4.78 is 2.31. The van der Waals surface area contributed by atoms with E-state index < -0.39 is 0 Å². The third-order valence-corrected chi connectivity index (χ3v) is 3.24. The van der Waals surface area contributed by atoms with Gasteiger partial charge in [0.2, 0.25) is 0 Å². The summed E-state index contributed by atoms with van der Waals surface area (Å²) in [5.74, 6) is 1.79. The van der Waals surface area contributed by atoms with Crippen LogP contribution in [0, 0.1) is 5.92 Å². The maximum Gasteiger partial charge on any atom is 0.158 e. The SMILES string of the molecule is CC1CCn2c(cnc2-c2ccccn2)C1. The first kappa shape index (κ1) is 9.58. The summed E-state index contributed by atoms with van der Waals surface area (Å²) in [4.78, 5) is 8.87. The van der Waals surface area contributed by atoms with Crippen LogP contribution >= 0.6 is 0 Å². The molecule has 0 saturated carbocycles. The molecule has 2 aromatic heterocycles. The first-order chi connectivity index (χ1) is 7.84. The van der Waals surface area contributed by atoms with Crippen LogP contribution in [0.3, 0.4) is 0 Å². The molecule has 0 aliphatic carbocycles. The van der Waals surface area contributed by atoms with Gasteiger partial charge in [-0.3, -0.25) is 4.98 Å². The molecule has 82 valence electrons. The molecule has 0 saturated heterocycles. The highest BCUT2D eigenvalue weighted by Crippen LogP contribution is 2.25. The Hall–Kier alpha value is -1.64. The van der Waals surface area contributed by atoms with Crippen molar-refractivity contribution >= 4 is 0 Å². The highest BCUT2D eigenvalue weighted by Gasteiger charge is 2.19. The van der Waals surface area contributed by atoms with Crippen molar-refractivity contribution in [2.45, 2.75) is 26.3 Å². The van der Waals surface area contributed by atoms with Gasteiger partial charge >= 0.3 is 0 Å². The van der Waals surface area contributed by atoms with E-state index in [1.165, 1.54) is 12.1 Å². The van der Waals surface area contributed by atoms with E-state index in [0.717, 1.165) is 30.4 Å². The van der Waals surface area contributed by atoms with Crippen LogP contribution in [0.2, 0.25) is 0 Å². The standard InChI is InChI=1S/C13H15N3/c1-10-5-7-16-11(8-10)9-15-13(16)12-4-2-3-6-14-12/h2-4,6,9-10H,5,7-8H2,1H3. The second-order valence-corrected chi connectivity index (χ2v) is 4.54. The lowest BCUT2D eigenvalue weighted by Gasteiger charge is -2.21. The molecule has 0 amide bonds. The van der Waals surface area contributed by atoms with Crippen molar-refractivity contribution in [3.8, 4) is 11.5 Å². The van der Waals surface area contributed by atoms with Crippen LogP contribution in [-0.4, -0.2) is 14.5 Å². The van der Waals surface area contributed by atoms with Crippen molar-refractivity contribution in [3.05, 3.63) is 36.3 Å². The zero-order valence-corrected chi connectivity index (χ0v) is 9.43. The molecular formula is C13H15N3. The number of pyridine rings is 1. The predicted molar refractivity (Wildman–Crippen MR) is 62.9 cm³/mol. The highest BCUT2D eigenvalue weighted by molar-refractivity contribution is 5.50. The minimum atomic E-state index is 0.779. The summed E-state index contributed by atoms with van der Waals surface area (Å²) in [6.45, 7) is 3.37. The van der Waals surface area contributed by atoms with Gasteiger partial charge in [-0.05, 0) is 30.9 Å². The van der Waals surface area contributed by atoms with Crippen LogP contribution in [0.1, 0.15) is 19.0 Å². The minimum absolute atomic E-state index is 0.779. The Balaban J connectivity index is 2.04.